The molecule has 0 bridgehead atoms. The summed E-state index contributed by atoms with van der Waals surface area (Å²) in [5.74, 6) is -2.07. The summed E-state index contributed by atoms with van der Waals surface area (Å²) >= 11 is 0. The van der Waals surface area contributed by atoms with Gasteiger partial charge in [-0.15, -0.1) is 0 Å². The Hall–Kier alpha value is -1.98. The summed E-state index contributed by atoms with van der Waals surface area (Å²) < 4.78 is 66.0. The van der Waals surface area contributed by atoms with Crippen LogP contribution in [-0.2, 0) is 14.8 Å². The highest BCUT2D eigenvalue weighted by Crippen LogP contribution is 2.40. The zero-order valence-corrected chi connectivity index (χ0v) is 14.9. The molecule has 1 N–H and O–H groups in total. The van der Waals surface area contributed by atoms with E-state index in [2.05, 4.69) is 5.10 Å². The standard InChI is InChI=1S/C16H18F3N3O4S/c17-16(18,19)15(24)8-9-20-22(15)14(23)12-5-4-10-21(11-12)27(25,26)13-6-2-1-3-7-13/h1-3,6-7,9,12,24H,4-5,8,10-11H2/t12-,15-/m1/s1. The van der Waals surface area contributed by atoms with E-state index in [1.54, 1.807) is 18.2 Å². The van der Waals surface area contributed by atoms with E-state index in [1.807, 2.05) is 0 Å². The Bertz CT molecular complexity index is 844. The second-order valence-corrected chi connectivity index (χ2v) is 8.42. The number of hydrogen-bond donors (Lipinski definition) is 1. The second-order valence-electron chi connectivity index (χ2n) is 6.48. The zero-order valence-electron chi connectivity index (χ0n) is 14.1. The van der Waals surface area contributed by atoms with Crippen molar-refractivity contribution in [2.24, 2.45) is 11.0 Å². The molecule has 2 aliphatic rings. The Morgan fingerprint density at radius 1 is 1.26 bits per heavy atom. The number of benzene rings is 1. The molecule has 11 heteroatoms. The summed E-state index contributed by atoms with van der Waals surface area (Å²) in [5.41, 5.74) is -3.40. The zero-order chi connectivity index (χ0) is 19.9. The van der Waals surface area contributed by atoms with Crippen LogP contribution in [0.1, 0.15) is 19.3 Å². The average molecular weight is 405 g/mol. The molecule has 1 saturated heterocycles. The predicted octanol–water partition coefficient (Wildman–Crippen LogP) is 1.56. The van der Waals surface area contributed by atoms with E-state index < -0.39 is 40.2 Å². The third kappa shape index (κ3) is 3.46. The number of amides is 1. The number of sulfonamides is 1. The second kappa shape index (κ2) is 6.88. The van der Waals surface area contributed by atoms with Gasteiger partial charge in [0.1, 0.15) is 0 Å². The number of piperidine rings is 1. The summed E-state index contributed by atoms with van der Waals surface area (Å²) in [4.78, 5) is 12.6. The minimum atomic E-state index is -5.08. The smallest absolute Gasteiger partial charge is 0.362 e. The molecule has 27 heavy (non-hydrogen) atoms. The van der Waals surface area contributed by atoms with Gasteiger partial charge in [0.15, 0.2) is 0 Å². The fraction of sp³-hybridized carbons (Fsp3) is 0.500. The van der Waals surface area contributed by atoms with Crippen molar-refractivity contribution in [2.75, 3.05) is 13.1 Å². The van der Waals surface area contributed by atoms with Gasteiger partial charge in [0.2, 0.25) is 15.9 Å². The van der Waals surface area contributed by atoms with Gasteiger partial charge in [0.05, 0.1) is 10.8 Å². The van der Waals surface area contributed by atoms with E-state index in [4.69, 9.17) is 0 Å². The molecule has 1 aromatic rings. The van der Waals surface area contributed by atoms with Gasteiger partial charge in [0, 0.05) is 25.7 Å². The summed E-state index contributed by atoms with van der Waals surface area (Å²) in [5, 5.41) is 13.4. The first-order valence-electron chi connectivity index (χ1n) is 8.28. The van der Waals surface area contributed by atoms with Crippen molar-refractivity contribution in [1.29, 1.82) is 0 Å². The number of nitrogens with zero attached hydrogens (tertiary/aromatic N) is 3. The molecule has 2 heterocycles. The maximum atomic E-state index is 13.2. The number of alkyl halides is 3. The van der Waals surface area contributed by atoms with E-state index in [0.717, 1.165) is 10.5 Å². The average Bonchev–Trinajstić information content (AvgIpc) is 3.05. The highest BCUT2D eigenvalue weighted by Gasteiger charge is 2.62. The molecule has 1 amide bonds. The van der Waals surface area contributed by atoms with E-state index in [1.165, 1.54) is 12.1 Å². The molecule has 0 spiro atoms. The molecule has 1 aromatic carbocycles. The minimum absolute atomic E-state index is 0.0380. The van der Waals surface area contributed by atoms with Gasteiger partial charge in [-0.3, -0.25) is 4.79 Å². The fourth-order valence-electron chi connectivity index (χ4n) is 3.18. The highest BCUT2D eigenvalue weighted by atomic mass is 32.2. The first kappa shape index (κ1) is 19.8. The molecular weight excluding hydrogens is 387 g/mol. The van der Waals surface area contributed by atoms with E-state index in [0.29, 0.717) is 6.42 Å². The lowest BCUT2D eigenvalue weighted by molar-refractivity contribution is -0.303. The van der Waals surface area contributed by atoms with Crippen LogP contribution in [0.3, 0.4) is 0 Å². The van der Waals surface area contributed by atoms with Gasteiger partial charge in [-0.1, -0.05) is 18.2 Å². The summed E-state index contributed by atoms with van der Waals surface area (Å²) in [6.07, 6.45) is -4.60. The van der Waals surface area contributed by atoms with Crippen molar-refractivity contribution in [2.45, 2.75) is 36.1 Å². The normalized spacial score (nSPS) is 27.1. The molecule has 0 aliphatic carbocycles. The van der Waals surface area contributed by atoms with Gasteiger partial charge >= 0.3 is 6.18 Å². The Morgan fingerprint density at radius 3 is 2.56 bits per heavy atom. The largest absolute Gasteiger partial charge is 0.438 e. The number of hydrazone groups is 1. The lowest BCUT2D eigenvalue weighted by atomic mass is 9.97. The first-order chi connectivity index (χ1) is 12.6. The third-order valence-electron chi connectivity index (χ3n) is 4.70. The van der Waals surface area contributed by atoms with Crippen molar-refractivity contribution < 1.29 is 31.5 Å². The molecular formula is C16H18F3N3O4S. The summed E-state index contributed by atoms with van der Waals surface area (Å²) in [6.45, 7) is -0.107. The lowest BCUT2D eigenvalue weighted by Crippen LogP contribution is -2.58. The van der Waals surface area contributed by atoms with Crippen molar-refractivity contribution >= 4 is 22.1 Å². The van der Waals surface area contributed by atoms with Crippen LogP contribution in [0, 0.1) is 5.92 Å². The SMILES string of the molecule is O=C([C@@H]1CCCN(S(=O)(=O)c2ccccc2)C1)N1N=CC[C@@]1(O)C(F)(F)F. The molecule has 148 valence electrons. The van der Waals surface area contributed by atoms with Crippen LogP contribution in [0.15, 0.2) is 40.3 Å². The molecule has 2 atom stereocenters. The van der Waals surface area contributed by atoms with Gasteiger partial charge < -0.3 is 5.11 Å². The van der Waals surface area contributed by atoms with Crippen molar-refractivity contribution in [1.82, 2.24) is 9.31 Å². The van der Waals surface area contributed by atoms with Crippen LogP contribution < -0.4 is 0 Å². The van der Waals surface area contributed by atoms with Crippen LogP contribution in [-0.4, -0.2) is 60.0 Å². The van der Waals surface area contributed by atoms with Gasteiger partial charge in [-0.05, 0) is 25.0 Å². The van der Waals surface area contributed by atoms with Gasteiger partial charge in [-0.2, -0.15) is 27.6 Å². The molecule has 3 rings (SSSR count). The van der Waals surface area contributed by atoms with Crippen LogP contribution >= 0.6 is 0 Å². The van der Waals surface area contributed by atoms with Crippen molar-refractivity contribution in [3.05, 3.63) is 30.3 Å². The highest BCUT2D eigenvalue weighted by molar-refractivity contribution is 7.89. The topological polar surface area (TPSA) is 90.3 Å². The van der Waals surface area contributed by atoms with E-state index in [-0.39, 0.29) is 29.4 Å². The number of hydrogen-bond acceptors (Lipinski definition) is 5. The lowest BCUT2D eigenvalue weighted by Gasteiger charge is -2.37. The van der Waals surface area contributed by atoms with Gasteiger partial charge in [0.25, 0.3) is 5.72 Å². The Kier molecular flexibility index (Phi) is 5.04. The van der Waals surface area contributed by atoms with E-state index >= 15 is 0 Å². The summed E-state index contributed by atoms with van der Waals surface area (Å²) in [7, 11) is -3.87. The van der Waals surface area contributed by atoms with Crippen molar-refractivity contribution in [3.63, 3.8) is 0 Å². The number of halogens is 3. The number of carbonyl (C=O) groups is 1. The minimum Gasteiger partial charge on any atom is -0.362 e. The number of aliphatic hydroxyl groups is 1. The Balaban J connectivity index is 1.81. The molecule has 7 nitrogen and oxygen atoms in total. The molecule has 0 aromatic heterocycles. The van der Waals surface area contributed by atoms with Crippen LogP contribution in [0.25, 0.3) is 0 Å². The number of rotatable bonds is 3. The Morgan fingerprint density at radius 2 is 1.93 bits per heavy atom. The Labute approximate surface area is 154 Å². The molecule has 2 aliphatic heterocycles. The third-order valence-corrected chi connectivity index (χ3v) is 6.58. The predicted molar refractivity (Wildman–Crippen MR) is 88.9 cm³/mol. The van der Waals surface area contributed by atoms with E-state index in [9.17, 15) is 31.5 Å². The molecule has 0 unspecified atom stereocenters. The maximum Gasteiger partial charge on any atom is 0.438 e. The first-order valence-corrected chi connectivity index (χ1v) is 9.72. The van der Waals surface area contributed by atoms with Crippen LogP contribution in [0.4, 0.5) is 13.2 Å². The van der Waals surface area contributed by atoms with Crippen LogP contribution in [0.5, 0.6) is 0 Å². The quantitative estimate of drug-likeness (QED) is 0.826. The molecule has 1 fully saturated rings. The monoisotopic (exact) mass is 405 g/mol. The summed E-state index contributed by atoms with van der Waals surface area (Å²) in [6, 6.07) is 7.59. The maximum absolute atomic E-state index is 13.2. The van der Waals surface area contributed by atoms with Gasteiger partial charge in [-0.25, -0.2) is 8.42 Å². The molecule has 0 saturated carbocycles. The van der Waals surface area contributed by atoms with Crippen LogP contribution in [0.2, 0.25) is 0 Å². The number of carbonyl (C=O) groups excluding carboxylic acids is 1. The molecule has 0 radical (unpaired) electrons. The fourth-order valence-corrected chi connectivity index (χ4v) is 4.73. The van der Waals surface area contributed by atoms with Crippen molar-refractivity contribution in [3.8, 4) is 0 Å².